The molecule has 358 valence electrons. The molecule has 0 aliphatic carbocycles. The van der Waals surface area contributed by atoms with E-state index >= 15 is 0 Å². The lowest BCUT2D eigenvalue weighted by molar-refractivity contribution is -0.0570. The molecule has 5 N–H and O–H groups in total. The molecular formula is C40H52Cl2N6O15S2. The molecule has 4 atom stereocenters. The zero-order chi connectivity index (χ0) is 48.1. The number of sulfonamides is 2. The summed E-state index contributed by atoms with van der Waals surface area (Å²) < 4.78 is 83.2. The van der Waals surface area contributed by atoms with Crippen LogP contribution in [0.25, 0.3) is 0 Å². The van der Waals surface area contributed by atoms with Crippen LogP contribution in [0.5, 0.6) is 17.2 Å². The molecule has 4 aliphatic heterocycles. The van der Waals surface area contributed by atoms with Crippen LogP contribution in [0, 0.1) is 0 Å². The Balaban J connectivity index is 0.000000224. The normalized spacial score (nSPS) is 21.9. The lowest BCUT2D eigenvalue weighted by Crippen LogP contribution is -2.54. The molecular weight excluding hydrogens is 940 g/mol. The van der Waals surface area contributed by atoms with Crippen LogP contribution in [0.2, 0.25) is 10.0 Å². The number of nitrogens with zero attached hydrogens (tertiary/aromatic N) is 4. The first kappa shape index (κ1) is 49.8. The van der Waals surface area contributed by atoms with Gasteiger partial charge in [-0.05, 0) is 72.7 Å². The molecule has 25 heteroatoms. The minimum absolute atomic E-state index is 0.00316. The van der Waals surface area contributed by atoms with Gasteiger partial charge in [-0.2, -0.15) is 8.61 Å². The predicted molar refractivity (Wildman–Crippen MR) is 237 cm³/mol. The number of carbonyl (C=O) groups is 2. The van der Waals surface area contributed by atoms with Crippen molar-refractivity contribution in [3.8, 4) is 17.2 Å². The number of benzene rings is 2. The van der Waals surface area contributed by atoms with Crippen molar-refractivity contribution in [2.45, 2.75) is 93.8 Å². The van der Waals surface area contributed by atoms with E-state index in [4.69, 9.17) is 52.6 Å². The Labute approximate surface area is 385 Å². The molecule has 0 saturated carbocycles. The predicted octanol–water partition coefficient (Wildman–Crippen LogP) is 3.43. The maximum Gasteiger partial charge on any atom is 0.410 e. The first-order valence-electron chi connectivity index (χ1n) is 20.4. The van der Waals surface area contributed by atoms with Crippen LogP contribution < -0.4 is 26.6 Å². The number of amides is 2. The Morgan fingerprint density at radius 3 is 1.65 bits per heavy atom. The first-order valence-corrected chi connectivity index (χ1v) is 24.1. The van der Waals surface area contributed by atoms with Gasteiger partial charge in [-0.25, -0.2) is 26.4 Å². The van der Waals surface area contributed by atoms with Crippen LogP contribution in [0.15, 0.2) is 43.6 Å². The highest BCUT2D eigenvalue weighted by molar-refractivity contribution is 7.89. The molecule has 0 bridgehead atoms. The van der Waals surface area contributed by atoms with Crippen LogP contribution >= 0.6 is 23.2 Å². The third kappa shape index (κ3) is 10.2. The Kier molecular flexibility index (Phi) is 14.2. The molecule has 21 nitrogen and oxygen atoms in total. The number of morpholine rings is 2. The van der Waals surface area contributed by atoms with Gasteiger partial charge >= 0.3 is 12.2 Å². The number of halogens is 2. The van der Waals surface area contributed by atoms with Gasteiger partial charge in [0.2, 0.25) is 20.0 Å². The van der Waals surface area contributed by atoms with Gasteiger partial charge in [-0.15, -0.1) is 0 Å². The zero-order valence-corrected chi connectivity index (χ0v) is 39.8. The molecule has 65 heavy (non-hydrogen) atoms. The highest BCUT2D eigenvalue weighted by Gasteiger charge is 2.50. The standard InChI is InChI=1S/C23H28ClN3O9S.C17H24ClN3O6S/c1-5-34-20-16(18(29)19(20)30)25-13-7-6-12(24)21(17(13)28)37(32,33)26-10-14-15(11-26)35-9-8-27(14)22(31)36-23(2,3)4;1-17(2,3)27-16(23)21-6-7-26-13-9-20(8-12(13)21)28(24,25)15-10(18)4-5-11(19)14(15)22/h6-7,14-15,25,28H,5,8-11H2,1-4H3;4-5,12-13,22H,6-9,19H2,1-3H3/t14-,15-;12-,13-/m11/s1. The molecule has 3 aromatic carbocycles. The number of hydrogen-bond acceptors (Lipinski definition) is 17. The van der Waals surface area contributed by atoms with Crippen molar-refractivity contribution < 1.29 is 60.3 Å². The molecule has 7 rings (SSSR count). The fourth-order valence-electron chi connectivity index (χ4n) is 7.65. The van der Waals surface area contributed by atoms with Crippen molar-refractivity contribution in [2.75, 3.05) is 70.1 Å². The smallest absolute Gasteiger partial charge is 0.410 e. The van der Waals surface area contributed by atoms with E-state index in [1.165, 1.54) is 34.1 Å². The highest BCUT2D eigenvalue weighted by Crippen LogP contribution is 2.42. The summed E-state index contributed by atoms with van der Waals surface area (Å²) in [5.41, 5.74) is 2.12. The lowest BCUT2D eigenvalue weighted by Gasteiger charge is -2.37. The van der Waals surface area contributed by atoms with Crippen LogP contribution in [-0.2, 0) is 39.0 Å². The van der Waals surface area contributed by atoms with Crippen LogP contribution in [0.3, 0.4) is 0 Å². The van der Waals surface area contributed by atoms with E-state index in [0.29, 0.717) is 6.54 Å². The summed E-state index contributed by atoms with van der Waals surface area (Å²) in [7, 11) is -8.54. The van der Waals surface area contributed by atoms with Gasteiger partial charge in [0, 0.05) is 39.3 Å². The number of nitrogens with two attached hydrogens (primary N) is 1. The number of hydrogen-bond donors (Lipinski definition) is 4. The van der Waals surface area contributed by atoms with Gasteiger partial charge in [-0.3, -0.25) is 19.4 Å². The number of nitrogen functional groups attached to an aromatic ring is 1. The van der Waals surface area contributed by atoms with Crippen molar-refractivity contribution in [2.24, 2.45) is 0 Å². The second-order valence-corrected chi connectivity index (χ2v) is 22.0. The van der Waals surface area contributed by atoms with E-state index in [-0.39, 0.29) is 85.4 Å². The van der Waals surface area contributed by atoms with Crippen molar-refractivity contribution in [1.29, 1.82) is 0 Å². The molecule has 0 aromatic heterocycles. The van der Waals surface area contributed by atoms with E-state index in [1.54, 1.807) is 48.5 Å². The molecule has 4 fully saturated rings. The van der Waals surface area contributed by atoms with Crippen molar-refractivity contribution in [1.82, 2.24) is 18.4 Å². The summed E-state index contributed by atoms with van der Waals surface area (Å²) in [6.07, 6.45) is -2.20. The minimum atomic E-state index is -4.38. The molecule has 2 amide bonds. The van der Waals surface area contributed by atoms with Gasteiger partial charge < -0.3 is 44.9 Å². The molecule has 0 spiro atoms. The van der Waals surface area contributed by atoms with Crippen molar-refractivity contribution in [3.05, 3.63) is 54.8 Å². The Morgan fingerprint density at radius 2 is 1.20 bits per heavy atom. The number of phenols is 2. The van der Waals surface area contributed by atoms with Gasteiger partial charge in [0.15, 0.2) is 17.2 Å². The maximum absolute atomic E-state index is 13.6. The van der Waals surface area contributed by atoms with E-state index < -0.39 is 99.9 Å². The number of aromatic hydroxyl groups is 2. The maximum atomic E-state index is 13.6. The Hall–Kier alpha value is -4.62. The number of fused-ring (bicyclic) bond motifs is 2. The summed E-state index contributed by atoms with van der Waals surface area (Å²) in [5.74, 6) is -1.52. The average Bonchev–Trinajstić information content (AvgIpc) is 3.87. The van der Waals surface area contributed by atoms with Crippen molar-refractivity contribution >= 4 is 72.5 Å². The summed E-state index contributed by atoms with van der Waals surface area (Å²) in [6.45, 7) is 13.1. The first-order chi connectivity index (χ1) is 30.2. The summed E-state index contributed by atoms with van der Waals surface area (Å²) in [5, 5.41) is 23.3. The summed E-state index contributed by atoms with van der Waals surface area (Å²) in [4.78, 5) is 51.0. The monoisotopic (exact) mass is 990 g/mol. The van der Waals surface area contributed by atoms with E-state index in [1.807, 2.05) is 0 Å². The molecule has 4 aliphatic rings. The van der Waals surface area contributed by atoms with E-state index in [9.17, 15) is 46.2 Å². The van der Waals surface area contributed by atoms with Crippen LogP contribution in [0.1, 0.15) is 48.5 Å². The Morgan fingerprint density at radius 1 is 0.754 bits per heavy atom. The van der Waals surface area contributed by atoms with Crippen molar-refractivity contribution in [3.63, 3.8) is 0 Å². The number of phenolic OH excluding ortho intramolecular Hbond substituents is 2. The lowest BCUT2D eigenvalue weighted by atomic mass is 10.1. The quantitative estimate of drug-likeness (QED) is 0.143. The number of nitrogens with one attached hydrogen (secondary N) is 1. The zero-order valence-electron chi connectivity index (χ0n) is 36.6. The third-order valence-corrected chi connectivity index (χ3v) is 15.3. The number of carbonyl (C=O) groups excluding carboxylic acids is 2. The summed E-state index contributed by atoms with van der Waals surface area (Å²) >= 11 is 12.2. The fourth-order valence-corrected chi connectivity index (χ4v) is 11.8. The third-order valence-electron chi connectivity index (χ3n) is 10.6. The second-order valence-electron chi connectivity index (χ2n) is 17.5. The highest BCUT2D eigenvalue weighted by atomic mass is 35.5. The van der Waals surface area contributed by atoms with Crippen LogP contribution in [0.4, 0.5) is 26.7 Å². The molecule has 3 aromatic rings. The minimum Gasteiger partial charge on any atom is -0.504 e. The topological polar surface area (TPSA) is 274 Å². The van der Waals surface area contributed by atoms with Gasteiger partial charge in [0.25, 0.3) is 10.9 Å². The largest absolute Gasteiger partial charge is 0.504 e. The Bertz CT molecular complexity index is 2630. The summed E-state index contributed by atoms with van der Waals surface area (Å²) in [6, 6.07) is 4.07. The molecule has 0 radical (unpaired) electrons. The average molecular weight is 992 g/mol. The number of anilines is 3. The molecule has 4 heterocycles. The van der Waals surface area contributed by atoms with E-state index in [2.05, 4.69) is 5.32 Å². The SMILES string of the molecule is CC(C)(C)OC(=O)N1CCO[C@@H]2CN(S(=O)(=O)c3c(Cl)ccc(N)c3O)C[C@H]21.CCOc1c(Nc2ccc(Cl)c(S(=O)(=O)N3C[C@@H]4[C@@H](C3)OCCN4C(=O)OC(C)(C)C)c2O)c(=O)c1=O. The van der Waals surface area contributed by atoms with Gasteiger partial charge in [-0.1, -0.05) is 23.2 Å². The van der Waals surface area contributed by atoms with Gasteiger partial charge in [0.1, 0.15) is 26.7 Å². The number of rotatable bonds is 8. The molecule has 4 saturated heterocycles. The number of ether oxygens (including phenoxy) is 5. The van der Waals surface area contributed by atoms with Gasteiger partial charge in [0.05, 0.1) is 65.5 Å². The second kappa shape index (κ2) is 18.6. The van der Waals surface area contributed by atoms with Crippen LogP contribution in [-0.4, -0.2) is 152 Å². The van der Waals surface area contributed by atoms with E-state index in [0.717, 1.165) is 8.61 Å². The molecule has 0 unspecified atom stereocenters. The fraction of sp³-hybridized carbons (Fsp3) is 0.550.